The van der Waals surface area contributed by atoms with E-state index in [9.17, 15) is 0 Å². The van der Waals surface area contributed by atoms with Crippen molar-refractivity contribution < 1.29 is 4.70 Å². The first-order chi connectivity index (χ1) is 2.41. The Morgan fingerprint density at radius 2 is 2.00 bits per heavy atom. The molecule has 0 bridgehead atoms. The van der Waals surface area contributed by atoms with Gasteiger partial charge in [-0.1, -0.05) is 19.8 Å². The summed E-state index contributed by atoms with van der Waals surface area (Å²) in [5.41, 5.74) is 0. The summed E-state index contributed by atoms with van der Waals surface area (Å²) >= 11 is 1.40. The Labute approximate surface area is 46.7 Å². The fourth-order valence-corrected chi connectivity index (χ4v) is 1.06. The van der Waals surface area contributed by atoms with Crippen molar-refractivity contribution in [3.8, 4) is 0 Å². The van der Waals surface area contributed by atoms with Crippen LogP contribution in [0.1, 0.15) is 19.8 Å². The minimum atomic E-state index is 0. The highest BCUT2D eigenvalue weighted by Gasteiger charge is 1.69. The van der Waals surface area contributed by atoms with E-state index < -0.39 is 0 Å². The second-order valence-electron chi connectivity index (χ2n) is 1.35. The summed E-state index contributed by atoms with van der Waals surface area (Å²) in [4.78, 5) is 0. The molecule has 0 radical (unpaired) electrons. The highest BCUT2D eigenvalue weighted by atomic mass is 27.0. The second kappa shape index (κ2) is 9.07. The third kappa shape index (κ3) is 8.82. The number of rotatable bonds is 2. The quantitative estimate of drug-likeness (QED) is 0.460. The molecule has 6 heavy (non-hydrogen) atoms. The van der Waals surface area contributed by atoms with Crippen LogP contribution in [0.3, 0.4) is 0 Å². The monoisotopic (exact) mass is 106 g/mol. The first-order valence-electron chi connectivity index (χ1n) is 2.41. The third-order valence-corrected chi connectivity index (χ3v) is 1.41. The lowest BCUT2D eigenvalue weighted by Crippen LogP contribution is -1.63. The Hall–Kier alpha value is 0.462. The number of unbranched alkanes of at least 4 members (excludes halogenated alkanes) is 1. The molecule has 0 unspecified atom stereocenters. The minimum absolute atomic E-state index is 0. The van der Waals surface area contributed by atoms with Gasteiger partial charge >= 0.3 is 0 Å². The lowest BCUT2D eigenvalue weighted by Gasteiger charge is -1.78. The van der Waals surface area contributed by atoms with Crippen LogP contribution in [0.2, 0.25) is 5.28 Å². The molecule has 38 valence electrons. The number of hydrogen-bond donors (Lipinski definition) is 0. The lowest BCUT2D eigenvalue weighted by atomic mass is 10.4. The van der Waals surface area contributed by atoms with Gasteiger partial charge in [0.05, 0.1) is 0 Å². The molecule has 0 aromatic carbocycles. The van der Waals surface area contributed by atoms with Gasteiger partial charge in [-0.2, -0.15) is 0 Å². The smallest absolute Gasteiger partial charge is 0.211 e. The van der Waals surface area contributed by atoms with Crippen molar-refractivity contribution in [2.45, 2.75) is 25.0 Å². The largest absolute Gasteiger partial charge is 0.269 e. The summed E-state index contributed by atoms with van der Waals surface area (Å²) < 4.78 is 0. The van der Waals surface area contributed by atoms with Crippen molar-refractivity contribution in [2.24, 2.45) is 0 Å². The average molecular weight is 106 g/mol. The van der Waals surface area contributed by atoms with Gasteiger partial charge in [-0.15, -0.1) is 5.28 Å². The molecule has 0 aliphatic heterocycles. The first-order valence-corrected chi connectivity index (χ1v) is 3.83. The zero-order valence-corrected chi connectivity index (χ0v) is 6.53. The van der Waals surface area contributed by atoms with E-state index in [1.165, 1.54) is 34.4 Å². The van der Waals surface area contributed by atoms with Crippen LogP contribution in [0.25, 0.3) is 0 Å². The Kier molecular flexibility index (Phi) is 14.6. The highest BCUT2D eigenvalue weighted by molar-refractivity contribution is 6.08. The predicted molar refractivity (Wildman–Crippen MR) is 30.8 cm³/mol. The van der Waals surface area contributed by atoms with Crippen LogP contribution in [0.5, 0.6) is 0 Å². The summed E-state index contributed by atoms with van der Waals surface area (Å²) in [7, 11) is 0. The molecule has 0 rings (SSSR count). The maximum Gasteiger partial charge on any atom is 0.211 e. The van der Waals surface area contributed by atoms with E-state index in [2.05, 4.69) is 6.92 Å². The summed E-state index contributed by atoms with van der Waals surface area (Å²) in [5.74, 6) is 0. The summed E-state index contributed by atoms with van der Waals surface area (Å²) in [5, 5.41) is 1.48. The fraction of sp³-hybridized carbons (Fsp3) is 1.00. The summed E-state index contributed by atoms with van der Waals surface area (Å²) in [6.45, 7) is 2.23. The lowest BCUT2D eigenvalue weighted by molar-refractivity contribution is 0.884. The highest BCUT2D eigenvalue weighted by Crippen LogP contribution is 1.86. The van der Waals surface area contributed by atoms with Crippen LogP contribution in [0.4, 0.5) is 4.70 Å². The molecule has 0 nitrogen and oxygen atoms in total. The Morgan fingerprint density at radius 3 is 2.00 bits per heavy atom. The van der Waals surface area contributed by atoms with E-state index in [1.54, 1.807) is 0 Å². The van der Waals surface area contributed by atoms with Gasteiger partial charge < -0.3 is 0 Å². The second-order valence-corrected chi connectivity index (χ2v) is 2.35. The van der Waals surface area contributed by atoms with Crippen molar-refractivity contribution in [2.75, 3.05) is 0 Å². The van der Waals surface area contributed by atoms with Crippen LogP contribution in [-0.2, 0) is 0 Å². The molecule has 0 amide bonds. The van der Waals surface area contributed by atoms with Gasteiger partial charge in [0.2, 0.25) is 16.3 Å². The molecule has 0 heterocycles. The standard InChI is InChI=1S/C4H9.Al.FH.2H/c1-3-4-2;;;;/h1,3-4H2,2H3;;1H;;. The maximum atomic E-state index is 2.23. The first kappa shape index (κ1) is 9.68. The molecule has 0 spiro atoms. The van der Waals surface area contributed by atoms with Gasteiger partial charge in [0, 0.05) is 0 Å². The van der Waals surface area contributed by atoms with Crippen molar-refractivity contribution in [3.05, 3.63) is 0 Å². The normalized spacial score (nSPS) is 6.83. The molecule has 0 fully saturated rings. The van der Waals surface area contributed by atoms with E-state index in [0.29, 0.717) is 0 Å². The molecular weight excluding hydrogens is 94.0 g/mol. The molecule has 0 aromatic heterocycles. The third-order valence-electron chi connectivity index (χ3n) is 0.707. The van der Waals surface area contributed by atoms with E-state index in [1.807, 2.05) is 0 Å². The van der Waals surface area contributed by atoms with Crippen LogP contribution in [-0.4, -0.2) is 16.3 Å². The van der Waals surface area contributed by atoms with Crippen LogP contribution in [0.15, 0.2) is 0 Å². The van der Waals surface area contributed by atoms with Gasteiger partial charge in [-0.3, -0.25) is 4.70 Å². The van der Waals surface area contributed by atoms with Gasteiger partial charge in [0.1, 0.15) is 0 Å². The Bertz CT molecular complexity index is 15.0. The van der Waals surface area contributed by atoms with Crippen molar-refractivity contribution in [1.82, 2.24) is 0 Å². The molecule has 0 saturated heterocycles. The molecule has 0 atom stereocenters. The van der Waals surface area contributed by atoms with Gasteiger partial charge in [-0.25, -0.2) is 0 Å². The number of halogens is 1. The minimum Gasteiger partial charge on any atom is -0.269 e. The van der Waals surface area contributed by atoms with Gasteiger partial charge in [0.25, 0.3) is 0 Å². The molecule has 0 aromatic rings. The van der Waals surface area contributed by atoms with Gasteiger partial charge in [0.15, 0.2) is 0 Å². The van der Waals surface area contributed by atoms with Crippen LogP contribution < -0.4 is 0 Å². The number of hydrogen-bond acceptors (Lipinski definition) is 0. The SMILES string of the molecule is CCC[CH2][AlH2].F. The molecule has 0 aliphatic carbocycles. The zero-order chi connectivity index (χ0) is 4.12. The molecule has 0 aliphatic rings. The fourth-order valence-electron chi connectivity index (χ4n) is 0.354. The Balaban J connectivity index is 0. The summed E-state index contributed by atoms with van der Waals surface area (Å²) in [6, 6.07) is 0. The predicted octanol–water partition coefficient (Wildman–Crippen LogP) is 0.990. The zero-order valence-electron chi connectivity index (χ0n) is 4.53. The van der Waals surface area contributed by atoms with Crippen molar-refractivity contribution in [1.29, 1.82) is 0 Å². The van der Waals surface area contributed by atoms with Crippen LogP contribution >= 0.6 is 0 Å². The molecular formula is C4H12AlF. The molecule has 2 heteroatoms. The topological polar surface area (TPSA) is 0 Å². The summed E-state index contributed by atoms with van der Waals surface area (Å²) in [6.07, 6.45) is 2.83. The maximum absolute atomic E-state index is 2.23. The van der Waals surface area contributed by atoms with Crippen LogP contribution in [0, 0.1) is 0 Å². The van der Waals surface area contributed by atoms with E-state index in [0.717, 1.165) is 0 Å². The average Bonchev–Trinajstić information content (AvgIpc) is 1.41. The van der Waals surface area contributed by atoms with Crippen molar-refractivity contribution in [3.63, 3.8) is 0 Å². The van der Waals surface area contributed by atoms with E-state index in [4.69, 9.17) is 0 Å². The Morgan fingerprint density at radius 1 is 1.50 bits per heavy atom. The van der Waals surface area contributed by atoms with E-state index >= 15 is 0 Å². The van der Waals surface area contributed by atoms with E-state index in [-0.39, 0.29) is 4.70 Å². The molecule has 0 saturated carbocycles. The van der Waals surface area contributed by atoms with Gasteiger partial charge in [-0.05, 0) is 0 Å². The molecule has 0 N–H and O–H groups in total. The van der Waals surface area contributed by atoms with Crippen molar-refractivity contribution >= 4 is 16.3 Å².